The number of ketones is 1. The Labute approximate surface area is 127 Å². The average Bonchev–Trinajstić information content (AvgIpc) is 2.50. The van der Waals surface area contributed by atoms with Crippen LogP contribution in [0.15, 0.2) is 42.5 Å². The van der Waals surface area contributed by atoms with Crippen molar-refractivity contribution in [1.29, 1.82) is 0 Å². The monoisotopic (exact) mass is 302 g/mol. The van der Waals surface area contributed by atoms with Gasteiger partial charge in [-0.25, -0.2) is 9.18 Å². The number of ether oxygens (including phenoxy) is 1. The van der Waals surface area contributed by atoms with Crippen LogP contribution in [0, 0.1) is 12.7 Å². The molecule has 0 bridgehead atoms. The van der Waals surface area contributed by atoms with Gasteiger partial charge >= 0.3 is 5.97 Å². The number of hydrogen-bond acceptors (Lipinski definition) is 4. The first-order chi connectivity index (χ1) is 10.4. The van der Waals surface area contributed by atoms with Gasteiger partial charge < -0.3 is 9.84 Å². The van der Waals surface area contributed by atoms with Gasteiger partial charge in [0.05, 0.1) is 0 Å². The van der Waals surface area contributed by atoms with Crippen LogP contribution in [0.3, 0.4) is 0 Å². The molecule has 0 amide bonds. The molecule has 0 fully saturated rings. The number of carbonyl (C=O) groups excluding carboxylic acids is 2. The highest BCUT2D eigenvalue weighted by molar-refractivity contribution is 6.01. The molecule has 0 spiro atoms. The summed E-state index contributed by atoms with van der Waals surface area (Å²) in [6.07, 6.45) is -1.04. The highest BCUT2D eigenvalue weighted by Gasteiger charge is 2.22. The first-order valence-electron chi connectivity index (χ1n) is 6.69. The molecule has 2 aromatic carbocycles. The minimum Gasteiger partial charge on any atom is -0.507 e. The fourth-order valence-electron chi connectivity index (χ4n) is 1.95. The molecule has 0 saturated heterocycles. The number of carbonyl (C=O) groups is 2. The van der Waals surface area contributed by atoms with E-state index in [1.54, 1.807) is 19.1 Å². The standard InChI is InChI=1S/C17H15FO4/c1-10-4-3-5-14(15(10)19)17(21)22-11(2)16(20)12-6-8-13(18)9-7-12/h3-9,11,19H,1-2H3/t11-/m1/s1. The van der Waals surface area contributed by atoms with E-state index in [0.29, 0.717) is 5.56 Å². The summed E-state index contributed by atoms with van der Waals surface area (Å²) in [6, 6.07) is 9.65. The lowest BCUT2D eigenvalue weighted by molar-refractivity contribution is 0.0316. The number of phenols is 1. The summed E-state index contributed by atoms with van der Waals surface area (Å²) in [6.45, 7) is 3.08. The van der Waals surface area contributed by atoms with Gasteiger partial charge in [0.1, 0.15) is 17.1 Å². The molecule has 1 atom stereocenters. The van der Waals surface area contributed by atoms with Crippen molar-refractivity contribution in [3.8, 4) is 5.75 Å². The Bertz CT molecular complexity index is 707. The van der Waals surface area contributed by atoms with Gasteiger partial charge in [-0.2, -0.15) is 0 Å². The van der Waals surface area contributed by atoms with E-state index >= 15 is 0 Å². The molecule has 5 heteroatoms. The largest absolute Gasteiger partial charge is 0.507 e. The molecule has 0 unspecified atom stereocenters. The summed E-state index contributed by atoms with van der Waals surface area (Å²) >= 11 is 0. The Morgan fingerprint density at radius 2 is 1.77 bits per heavy atom. The van der Waals surface area contributed by atoms with Crippen molar-refractivity contribution in [3.05, 3.63) is 65.0 Å². The van der Waals surface area contributed by atoms with Crippen LogP contribution >= 0.6 is 0 Å². The van der Waals surface area contributed by atoms with Crippen molar-refractivity contribution in [2.75, 3.05) is 0 Å². The summed E-state index contributed by atoms with van der Waals surface area (Å²) in [7, 11) is 0. The number of rotatable bonds is 4. The highest BCUT2D eigenvalue weighted by atomic mass is 19.1. The third kappa shape index (κ3) is 3.31. The van der Waals surface area contributed by atoms with Crippen LogP contribution in [0.2, 0.25) is 0 Å². The molecule has 0 aliphatic rings. The maximum atomic E-state index is 12.8. The molecule has 2 rings (SSSR count). The third-order valence-corrected chi connectivity index (χ3v) is 3.24. The second-order valence-electron chi connectivity index (χ2n) is 4.89. The van der Waals surface area contributed by atoms with E-state index in [2.05, 4.69) is 0 Å². The minimum absolute atomic E-state index is 0.00115. The van der Waals surface area contributed by atoms with Crippen molar-refractivity contribution in [2.45, 2.75) is 20.0 Å². The van der Waals surface area contributed by atoms with Gasteiger partial charge in [0.15, 0.2) is 6.10 Å². The van der Waals surface area contributed by atoms with Crippen molar-refractivity contribution in [3.63, 3.8) is 0 Å². The van der Waals surface area contributed by atoms with Crippen LogP contribution in [0.4, 0.5) is 4.39 Å². The van der Waals surface area contributed by atoms with E-state index in [9.17, 15) is 19.1 Å². The number of hydrogen-bond donors (Lipinski definition) is 1. The zero-order chi connectivity index (χ0) is 16.3. The van der Waals surface area contributed by atoms with Crippen molar-refractivity contribution < 1.29 is 23.8 Å². The highest BCUT2D eigenvalue weighted by Crippen LogP contribution is 2.23. The number of halogens is 1. The SMILES string of the molecule is Cc1cccc(C(=O)O[C@H](C)C(=O)c2ccc(F)cc2)c1O. The topological polar surface area (TPSA) is 63.6 Å². The lowest BCUT2D eigenvalue weighted by atomic mass is 10.1. The van der Waals surface area contributed by atoms with Gasteiger partial charge in [-0.3, -0.25) is 4.79 Å². The summed E-state index contributed by atoms with van der Waals surface area (Å²) in [5, 5.41) is 9.84. The Balaban J connectivity index is 2.12. The molecular formula is C17H15FO4. The van der Waals surface area contributed by atoms with Crippen LogP contribution in [0.25, 0.3) is 0 Å². The van der Waals surface area contributed by atoms with Gasteiger partial charge in [-0.05, 0) is 49.7 Å². The molecule has 0 saturated carbocycles. The minimum atomic E-state index is -1.04. The van der Waals surface area contributed by atoms with Crippen LogP contribution in [0.1, 0.15) is 33.2 Å². The molecule has 1 N–H and O–H groups in total. The van der Waals surface area contributed by atoms with Gasteiger partial charge in [0, 0.05) is 5.56 Å². The predicted molar refractivity (Wildman–Crippen MR) is 78.5 cm³/mol. The Kier molecular flexibility index (Phi) is 4.56. The fourth-order valence-corrected chi connectivity index (χ4v) is 1.95. The summed E-state index contributed by atoms with van der Waals surface area (Å²) in [4.78, 5) is 24.1. The molecule has 114 valence electrons. The molecule has 0 radical (unpaired) electrons. The van der Waals surface area contributed by atoms with Crippen LogP contribution in [0.5, 0.6) is 5.75 Å². The van der Waals surface area contributed by atoms with Crippen LogP contribution < -0.4 is 0 Å². The predicted octanol–water partition coefficient (Wildman–Crippen LogP) is 3.27. The Morgan fingerprint density at radius 3 is 2.41 bits per heavy atom. The maximum absolute atomic E-state index is 12.8. The van der Waals surface area contributed by atoms with E-state index in [1.807, 2.05) is 0 Å². The fraction of sp³-hybridized carbons (Fsp3) is 0.176. The number of benzene rings is 2. The van der Waals surface area contributed by atoms with Crippen molar-refractivity contribution in [1.82, 2.24) is 0 Å². The van der Waals surface area contributed by atoms with Gasteiger partial charge in [0.2, 0.25) is 5.78 Å². The van der Waals surface area contributed by atoms with Gasteiger partial charge in [-0.15, -0.1) is 0 Å². The number of aromatic hydroxyl groups is 1. The van der Waals surface area contributed by atoms with Gasteiger partial charge in [0.25, 0.3) is 0 Å². The van der Waals surface area contributed by atoms with E-state index < -0.39 is 23.7 Å². The second kappa shape index (κ2) is 6.39. The lowest BCUT2D eigenvalue weighted by Gasteiger charge is -2.13. The normalized spacial score (nSPS) is 11.8. The molecule has 2 aromatic rings. The molecule has 0 aliphatic carbocycles. The van der Waals surface area contributed by atoms with E-state index in [1.165, 1.54) is 25.1 Å². The Hall–Kier alpha value is -2.69. The number of esters is 1. The maximum Gasteiger partial charge on any atom is 0.342 e. The number of aryl methyl sites for hydroxylation is 1. The third-order valence-electron chi connectivity index (χ3n) is 3.24. The summed E-state index contributed by atoms with van der Waals surface area (Å²) in [5.74, 6) is -1.86. The lowest BCUT2D eigenvalue weighted by Crippen LogP contribution is -2.24. The first-order valence-corrected chi connectivity index (χ1v) is 6.69. The molecular weight excluding hydrogens is 287 g/mol. The van der Waals surface area contributed by atoms with Crippen LogP contribution in [-0.2, 0) is 4.74 Å². The smallest absolute Gasteiger partial charge is 0.342 e. The Morgan fingerprint density at radius 1 is 1.14 bits per heavy atom. The molecule has 4 nitrogen and oxygen atoms in total. The summed E-state index contributed by atoms with van der Waals surface area (Å²) < 4.78 is 17.9. The number of Topliss-reactive ketones (excluding diaryl/α,β-unsaturated/α-hetero) is 1. The van der Waals surface area contributed by atoms with E-state index in [-0.39, 0.29) is 16.9 Å². The second-order valence-corrected chi connectivity index (χ2v) is 4.89. The molecule has 0 heterocycles. The summed E-state index contributed by atoms with van der Waals surface area (Å²) in [5.41, 5.74) is 0.779. The first kappa shape index (κ1) is 15.7. The number of para-hydroxylation sites is 1. The van der Waals surface area contributed by atoms with Crippen molar-refractivity contribution in [2.24, 2.45) is 0 Å². The zero-order valence-electron chi connectivity index (χ0n) is 12.2. The quantitative estimate of drug-likeness (QED) is 0.695. The van der Waals surface area contributed by atoms with E-state index in [4.69, 9.17) is 4.74 Å². The zero-order valence-corrected chi connectivity index (χ0v) is 12.2. The molecule has 0 aliphatic heterocycles. The van der Waals surface area contributed by atoms with Crippen molar-refractivity contribution >= 4 is 11.8 Å². The van der Waals surface area contributed by atoms with Gasteiger partial charge in [-0.1, -0.05) is 12.1 Å². The van der Waals surface area contributed by atoms with Crippen LogP contribution in [-0.4, -0.2) is 23.0 Å². The average molecular weight is 302 g/mol. The number of phenolic OH excluding ortho intramolecular Hbond substituents is 1. The molecule has 0 aromatic heterocycles. The molecule has 22 heavy (non-hydrogen) atoms. The van der Waals surface area contributed by atoms with E-state index in [0.717, 1.165) is 12.1 Å².